The van der Waals surface area contributed by atoms with Crippen LogP contribution in [0.1, 0.15) is 374 Å². The molecule has 0 saturated heterocycles. The van der Waals surface area contributed by atoms with Gasteiger partial charge in [0, 0.05) is 25.7 Å². The number of hydrogen-bond acceptors (Lipinski definition) is 15. The Morgan fingerprint density at radius 2 is 0.531 bits per heavy atom. The van der Waals surface area contributed by atoms with Gasteiger partial charge in [-0.05, 0) is 83.5 Å². The van der Waals surface area contributed by atoms with Crippen LogP contribution in [0.25, 0.3) is 0 Å². The standard InChI is InChI=1S/C79H146O17P2/c1-5-9-13-17-21-25-29-33-35-36-38-41-44-48-52-56-60-64-77(82)90-70-75(96-79(84)66-62-58-54-50-46-42-37-34-30-26-22-18-14-10-6-2)72-94-98(87,88)92-68-73(80)67-91-97(85,86)93-71-74(95-78(83)65-61-57-53-49-45-40-32-28-24-20-16-12-8-4)69-89-76(81)63-59-55-51-47-43-39-31-27-23-19-15-11-7-3/h9,13,21,25,33-35,37,73-75,80H,5-8,10-12,14-20,22-24,26-32,36,38-72H2,1-4H3,(H,85,86)(H,87,88)/b13-9-,25-21-,35-33-,37-34-. The SMILES string of the molecule is CC/C=C\C/C=C\C/C=C\CCCCCCCCCC(=O)OCC(COP(=O)(O)OCC(O)COP(=O)(O)OCC(COC(=O)CCCCCCCCCCCCCCC)OC(=O)CCCCCCCCCCCCCCC)OC(=O)CCCCCCC/C=C\CCCCCCCC. The van der Waals surface area contributed by atoms with E-state index >= 15 is 0 Å². The van der Waals surface area contributed by atoms with E-state index in [1.165, 1.54) is 148 Å². The molecule has 0 aliphatic heterocycles. The summed E-state index contributed by atoms with van der Waals surface area (Å²) in [5.74, 6) is -2.15. The number of rotatable bonds is 76. The minimum atomic E-state index is -4.97. The van der Waals surface area contributed by atoms with Crippen molar-refractivity contribution in [2.75, 3.05) is 39.6 Å². The van der Waals surface area contributed by atoms with Gasteiger partial charge in [0.05, 0.1) is 26.4 Å². The Morgan fingerprint density at radius 3 is 0.827 bits per heavy atom. The van der Waals surface area contributed by atoms with Crippen molar-refractivity contribution in [1.29, 1.82) is 0 Å². The Hall–Kier alpha value is -2.98. The van der Waals surface area contributed by atoms with Crippen LogP contribution in [0.4, 0.5) is 0 Å². The Balaban J connectivity index is 5.31. The molecule has 0 spiro atoms. The number of phosphoric ester groups is 2. The van der Waals surface area contributed by atoms with E-state index in [-0.39, 0.29) is 25.7 Å². The highest BCUT2D eigenvalue weighted by Gasteiger charge is 2.30. The molecule has 0 radical (unpaired) electrons. The molecule has 17 nitrogen and oxygen atoms in total. The fourth-order valence-corrected chi connectivity index (χ4v) is 12.8. The van der Waals surface area contributed by atoms with E-state index in [9.17, 15) is 43.2 Å². The maximum Gasteiger partial charge on any atom is 0.472 e. The summed E-state index contributed by atoms with van der Waals surface area (Å²) in [6, 6.07) is 0. The van der Waals surface area contributed by atoms with Gasteiger partial charge in [-0.1, -0.05) is 314 Å². The van der Waals surface area contributed by atoms with Crippen molar-refractivity contribution in [3.63, 3.8) is 0 Å². The van der Waals surface area contributed by atoms with Crippen molar-refractivity contribution in [2.24, 2.45) is 0 Å². The number of aliphatic hydroxyl groups excluding tert-OH is 1. The van der Waals surface area contributed by atoms with Gasteiger partial charge in [-0.2, -0.15) is 0 Å². The van der Waals surface area contributed by atoms with Crippen LogP contribution < -0.4 is 0 Å². The van der Waals surface area contributed by atoms with Crippen LogP contribution in [-0.4, -0.2) is 96.7 Å². The number of aliphatic hydroxyl groups is 1. The molecule has 0 aliphatic carbocycles. The van der Waals surface area contributed by atoms with Gasteiger partial charge in [0.15, 0.2) is 12.2 Å². The fourth-order valence-electron chi connectivity index (χ4n) is 11.2. The third kappa shape index (κ3) is 71.4. The molecule has 98 heavy (non-hydrogen) atoms. The van der Waals surface area contributed by atoms with Gasteiger partial charge in [-0.3, -0.25) is 37.3 Å². The molecule has 5 unspecified atom stereocenters. The van der Waals surface area contributed by atoms with Crippen molar-refractivity contribution < 1.29 is 80.2 Å². The number of esters is 4. The van der Waals surface area contributed by atoms with E-state index in [2.05, 4.69) is 76.3 Å². The van der Waals surface area contributed by atoms with E-state index in [1.54, 1.807) is 0 Å². The van der Waals surface area contributed by atoms with Gasteiger partial charge in [0.25, 0.3) is 0 Å². The van der Waals surface area contributed by atoms with Crippen LogP contribution in [-0.2, 0) is 65.4 Å². The molecule has 0 aliphatic rings. The number of ether oxygens (including phenoxy) is 4. The summed E-state index contributed by atoms with van der Waals surface area (Å²) >= 11 is 0. The predicted octanol–water partition coefficient (Wildman–Crippen LogP) is 22.9. The Labute approximate surface area is 597 Å². The fraction of sp³-hybridized carbons (Fsp3) is 0.848. The highest BCUT2D eigenvalue weighted by molar-refractivity contribution is 7.47. The lowest BCUT2D eigenvalue weighted by molar-refractivity contribution is -0.161. The van der Waals surface area contributed by atoms with E-state index in [4.69, 9.17) is 37.0 Å². The highest BCUT2D eigenvalue weighted by atomic mass is 31.2. The molecule has 0 amide bonds. The third-order valence-electron chi connectivity index (χ3n) is 17.3. The molecule has 19 heteroatoms. The average Bonchev–Trinajstić information content (AvgIpc) is 1.05. The second-order valence-corrected chi connectivity index (χ2v) is 29.9. The first-order valence-corrected chi connectivity index (χ1v) is 42.9. The van der Waals surface area contributed by atoms with Crippen molar-refractivity contribution in [3.8, 4) is 0 Å². The first kappa shape index (κ1) is 95.0. The molecule has 574 valence electrons. The molecule has 0 fully saturated rings. The number of carbonyl (C=O) groups excluding carboxylic acids is 4. The zero-order chi connectivity index (χ0) is 71.8. The van der Waals surface area contributed by atoms with Crippen molar-refractivity contribution in [3.05, 3.63) is 48.6 Å². The number of phosphoric acid groups is 2. The van der Waals surface area contributed by atoms with Crippen LogP contribution >= 0.6 is 15.6 Å². The normalized spacial score (nSPS) is 14.2. The number of allylic oxidation sites excluding steroid dienone is 8. The average molecular weight is 1430 g/mol. The zero-order valence-electron chi connectivity index (χ0n) is 62.7. The Kier molecular flexibility index (Phi) is 70.2. The summed E-state index contributed by atoms with van der Waals surface area (Å²) in [6.07, 6.45) is 69.4. The molecule has 0 saturated carbocycles. The number of unbranched alkanes of at least 4 members (excludes halogenated alkanes) is 42. The topological polar surface area (TPSA) is 237 Å². The van der Waals surface area contributed by atoms with Gasteiger partial charge < -0.3 is 33.8 Å². The minimum Gasteiger partial charge on any atom is -0.462 e. The lowest BCUT2D eigenvalue weighted by Crippen LogP contribution is -2.30. The van der Waals surface area contributed by atoms with Gasteiger partial charge in [0.1, 0.15) is 19.3 Å². The molecule has 0 aromatic rings. The van der Waals surface area contributed by atoms with Crippen LogP contribution in [0.3, 0.4) is 0 Å². The van der Waals surface area contributed by atoms with Crippen molar-refractivity contribution >= 4 is 39.5 Å². The first-order chi connectivity index (χ1) is 47.7. The number of hydrogen-bond donors (Lipinski definition) is 3. The van der Waals surface area contributed by atoms with E-state index < -0.39 is 97.5 Å². The summed E-state index contributed by atoms with van der Waals surface area (Å²) in [6.45, 7) is 4.82. The van der Waals surface area contributed by atoms with Crippen molar-refractivity contribution in [1.82, 2.24) is 0 Å². The molecule has 0 aromatic carbocycles. The summed E-state index contributed by atoms with van der Waals surface area (Å²) in [4.78, 5) is 72.9. The quantitative estimate of drug-likeness (QED) is 0.0169. The largest absolute Gasteiger partial charge is 0.472 e. The third-order valence-corrected chi connectivity index (χ3v) is 19.2. The molecule has 5 atom stereocenters. The minimum absolute atomic E-state index is 0.0879. The smallest absolute Gasteiger partial charge is 0.462 e. The molecular formula is C79H146O17P2. The predicted molar refractivity (Wildman–Crippen MR) is 400 cm³/mol. The summed E-state index contributed by atoms with van der Waals surface area (Å²) < 4.78 is 68.6. The lowest BCUT2D eigenvalue weighted by atomic mass is 10.0. The molecular weight excluding hydrogens is 1280 g/mol. The van der Waals surface area contributed by atoms with Crippen LogP contribution in [0.15, 0.2) is 48.6 Å². The van der Waals surface area contributed by atoms with Gasteiger partial charge in [-0.15, -0.1) is 0 Å². The highest BCUT2D eigenvalue weighted by Crippen LogP contribution is 2.45. The number of carbonyl (C=O) groups is 4. The first-order valence-electron chi connectivity index (χ1n) is 39.9. The summed E-state index contributed by atoms with van der Waals surface area (Å²) in [7, 11) is -9.93. The lowest BCUT2D eigenvalue weighted by Gasteiger charge is -2.21. The van der Waals surface area contributed by atoms with Gasteiger partial charge in [-0.25, -0.2) is 9.13 Å². The van der Waals surface area contributed by atoms with Crippen LogP contribution in [0.5, 0.6) is 0 Å². The summed E-state index contributed by atoms with van der Waals surface area (Å²) in [5, 5.41) is 10.6. The van der Waals surface area contributed by atoms with E-state index in [1.807, 2.05) is 0 Å². The second kappa shape index (κ2) is 72.4. The molecule has 0 aromatic heterocycles. The molecule has 0 bridgehead atoms. The van der Waals surface area contributed by atoms with Gasteiger partial charge in [0.2, 0.25) is 0 Å². The second-order valence-electron chi connectivity index (χ2n) is 27.0. The Morgan fingerprint density at radius 1 is 0.296 bits per heavy atom. The monoisotopic (exact) mass is 1430 g/mol. The van der Waals surface area contributed by atoms with Gasteiger partial charge >= 0.3 is 39.5 Å². The molecule has 3 N–H and O–H groups in total. The van der Waals surface area contributed by atoms with E-state index in [0.29, 0.717) is 25.7 Å². The maximum atomic E-state index is 13.1. The molecule has 0 heterocycles. The zero-order valence-corrected chi connectivity index (χ0v) is 64.5. The maximum absolute atomic E-state index is 13.1. The van der Waals surface area contributed by atoms with E-state index in [0.717, 1.165) is 148 Å². The van der Waals surface area contributed by atoms with Crippen LogP contribution in [0, 0.1) is 0 Å². The van der Waals surface area contributed by atoms with Crippen LogP contribution in [0.2, 0.25) is 0 Å². The molecule has 0 rings (SSSR count). The Bertz CT molecular complexity index is 2050. The summed E-state index contributed by atoms with van der Waals surface area (Å²) in [5.41, 5.74) is 0. The van der Waals surface area contributed by atoms with Crippen molar-refractivity contribution in [2.45, 2.75) is 393 Å².